The van der Waals surface area contributed by atoms with E-state index in [-0.39, 0.29) is 31.1 Å². The summed E-state index contributed by atoms with van der Waals surface area (Å²) in [5.41, 5.74) is 0. The highest BCUT2D eigenvalue weighted by Crippen LogP contribution is 2.18. The second-order valence-corrected chi connectivity index (χ2v) is 20.4. The van der Waals surface area contributed by atoms with Crippen molar-refractivity contribution in [2.24, 2.45) is 17.8 Å². The Labute approximate surface area is 387 Å². The number of carbonyl (C=O) groups is 3. The minimum Gasteiger partial charge on any atom is -0.462 e. The molecule has 6 heteroatoms. The molecule has 0 aliphatic heterocycles. The van der Waals surface area contributed by atoms with Crippen LogP contribution in [0, 0.1) is 17.8 Å². The van der Waals surface area contributed by atoms with Gasteiger partial charge >= 0.3 is 17.9 Å². The van der Waals surface area contributed by atoms with Crippen LogP contribution in [0.15, 0.2) is 0 Å². The summed E-state index contributed by atoms with van der Waals surface area (Å²) in [4.78, 5) is 38.0. The number of ether oxygens (including phenoxy) is 3. The zero-order chi connectivity index (χ0) is 45.6. The number of hydrogen-bond donors (Lipinski definition) is 0. The lowest BCUT2D eigenvalue weighted by Gasteiger charge is -2.18. The molecular formula is C56H108O6. The van der Waals surface area contributed by atoms with Crippen LogP contribution < -0.4 is 0 Å². The molecular weight excluding hydrogens is 769 g/mol. The number of esters is 3. The van der Waals surface area contributed by atoms with Crippen molar-refractivity contribution >= 4 is 17.9 Å². The molecule has 0 aromatic heterocycles. The third-order valence-electron chi connectivity index (χ3n) is 13.0. The molecule has 62 heavy (non-hydrogen) atoms. The molecule has 368 valence electrons. The van der Waals surface area contributed by atoms with Gasteiger partial charge in [0, 0.05) is 19.3 Å². The van der Waals surface area contributed by atoms with Crippen molar-refractivity contribution in [3.05, 3.63) is 0 Å². The molecule has 0 heterocycles. The van der Waals surface area contributed by atoms with E-state index in [1.807, 2.05) is 0 Å². The summed E-state index contributed by atoms with van der Waals surface area (Å²) in [6.07, 6.45) is 48.0. The zero-order valence-electron chi connectivity index (χ0n) is 42.7. The van der Waals surface area contributed by atoms with Crippen LogP contribution in [0.5, 0.6) is 0 Å². The van der Waals surface area contributed by atoms with Crippen molar-refractivity contribution in [2.45, 2.75) is 311 Å². The van der Waals surface area contributed by atoms with Gasteiger partial charge in [-0.25, -0.2) is 0 Å². The highest BCUT2D eigenvalue weighted by molar-refractivity contribution is 5.71. The first-order valence-electron chi connectivity index (χ1n) is 27.6. The molecule has 0 fully saturated rings. The van der Waals surface area contributed by atoms with Gasteiger partial charge in [-0.1, -0.05) is 266 Å². The molecule has 0 aliphatic rings. The molecule has 0 aliphatic carbocycles. The average Bonchev–Trinajstić information content (AvgIpc) is 3.24. The third-order valence-corrected chi connectivity index (χ3v) is 13.0. The predicted octanol–water partition coefficient (Wildman–Crippen LogP) is 17.9. The van der Waals surface area contributed by atoms with E-state index in [0.29, 0.717) is 19.3 Å². The Morgan fingerprint density at radius 1 is 0.323 bits per heavy atom. The maximum absolute atomic E-state index is 12.8. The van der Waals surface area contributed by atoms with Gasteiger partial charge in [-0.15, -0.1) is 0 Å². The fourth-order valence-electron chi connectivity index (χ4n) is 8.44. The summed E-state index contributed by atoms with van der Waals surface area (Å²) < 4.78 is 16.9. The Hall–Kier alpha value is -1.59. The summed E-state index contributed by atoms with van der Waals surface area (Å²) in [6, 6.07) is 0. The van der Waals surface area contributed by atoms with Gasteiger partial charge in [-0.2, -0.15) is 0 Å². The van der Waals surface area contributed by atoms with Crippen molar-refractivity contribution in [2.75, 3.05) is 13.2 Å². The Morgan fingerprint density at radius 2 is 0.565 bits per heavy atom. The maximum atomic E-state index is 12.8. The van der Waals surface area contributed by atoms with Crippen LogP contribution in [0.1, 0.15) is 305 Å². The molecule has 0 aromatic carbocycles. The monoisotopic (exact) mass is 877 g/mol. The van der Waals surface area contributed by atoms with Gasteiger partial charge in [-0.05, 0) is 37.0 Å². The molecule has 0 saturated carbocycles. The maximum Gasteiger partial charge on any atom is 0.306 e. The number of unbranched alkanes of at least 4 members (excludes halogenated alkanes) is 31. The standard InChI is InChI=1S/C56H108O6/c1-7-52(6)44-38-32-26-22-23-28-34-40-46-55(58)61-49-53(48-60-54(57)45-39-33-27-20-17-13-15-19-25-31-37-43-51(4)5)62-56(59)47-41-35-29-21-16-12-10-8-9-11-14-18-24-30-36-42-50(2)3/h50-53H,7-49H2,1-6H3/t52?,53-/m1/s1. The van der Waals surface area contributed by atoms with E-state index in [4.69, 9.17) is 14.2 Å². The minimum atomic E-state index is -0.763. The highest BCUT2D eigenvalue weighted by atomic mass is 16.6. The van der Waals surface area contributed by atoms with Gasteiger partial charge in [-0.3, -0.25) is 14.4 Å². The Bertz CT molecular complexity index is 962. The first kappa shape index (κ1) is 60.4. The molecule has 1 unspecified atom stereocenters. The van der Waals surface area contributed by atoms with E-state index in [1.54, 1.807) is 0 Å². The quantitative estimate of drug-likeness (QED) is 0.0344. The molecule has 6 nitrogen and oxygen atoms in total. The van der Waals surface area contributed by atoms with Gasteiger partial charge in [0.05, 0.1) is 0 Å². The summed E-state index contributed by atoms with van der Waals surface area (Å²) in [5.74, 6) is 1.67. The topological polar surface area (TPSA) is 78.9 Å². The molecule has 0 amide bonds. The largest absolute Gasteiger partial charge is 0.462 e. The van der Waals surface area contributed by atoms with Crippen molar-refractivity contribution < 1.29 is 28.6 Å². The molecule has 0 spiro atoms. The van der Waals surface area contributed by atoms with Crippen molar-refractivity contribution in [1.82, 2.24) is 0 Å². The Balaban J connectivity index is 4.30. The molecule has 0 saturated heterocycles. The van der Waals surface area contributed by atoms with Crippen molar-refractivity contribution in [1.29, 1.82) is 0 Å². The summed E-state index contributed by atoms with van der Waals surface area (Å²) in [6.45, 7) is 13.8. The smallest absolute Gasteiger partial charge is 0.306 e. The van der Waals surface area contributed by atoms with Gasteiger partial charge in [0.2, 0.25) is 0 Å². The van der Waals surface area contributed by atoms with Gasteiger partial charge in [0.15, 0.2) is 6.10 Å². The normalized spacial score (nSPS) is 12.6. The Morgan fingerprint density at radius 3 is 0.839 bits per heavy atom. The van der Waals surface area contributed by atoms with Crippen LogP contribution in [0.2, 0.25) is 0 Å². The van der Waals surface area contributed by atoms with Crippen LogP contribution in [-0.2, 0) is 28.6 Å². The second kappa shape index (κ2) is 47.4. The third kappa shape index (κ3) is 47.9. The summed E-state index contributed by atoms with van der Waals surface area (Å²) in [5, 5.41) is 0. The minimum absolute atomic E-state index is 0.0644. The van der Waals surface area contributed by atoms with Gasteiger partial charge in [0.25, 0.3) is 0 Å². The second-order valence-electron chi connectivity index (χ2n) is 20.4. The summed E-state index contributed by atoms with van der Waals surface area (Å²) in [7, 11) is 0. The number of carbonyl (C=O) groups excluding carboxylic acids is 3. The zero-order valence-corrected chi connectivity index (χ0v) is 42.7. The van der Waals surface area contributed by atoms with Gasteiger partial charge in [0.1, 0.15) is 13.2 Å². The van der Waals surface area contributed by atoms with E-state index < -0.39 is 6.10 Å². The van der Waals surface area contributed by atoms with Gasteiger partial charge < -0.3 is 14.2 Å². The highest BCUT2D eigenvalue weighted by Gasteiger charge is 2.19. The molecule has 0 bridgehead atoms. The van der Waals surface area contributed by atoms with E-state index >= 15 is 0 Å². The van der Waals surface area contributed by atoms with Crippen molar-refractivity contribution in [3.8, 4) is 0 Å². The fraction of sp³-hybridized carbons (Fsp3) is 0.946. The van der Waals surface area contributed by atoms with Crippen LogP contribution in [-0.4, -0.2) is 37.2 Å². The molecule has 0 rings (SSSR count). The first-order chi connectivity index (χ1) is 30.1. The van der Waals surface area contributed by atoms with Crippen LogP contribution in [0.3, 0.4) is 0 Å². The number of rotatable bonds is 49. The summed E-state index contributed by atoms with van der Waals surface area (Å²) >= 11 is 0. The Kier molecular flexibility index (Phi) is 46.2. The average molecular weight is 877 g/mol. The first-order valence-corrected chi connectivity index (χ1v) is 27.6. The fourth-order valence-corrected chi connectivity index (χ4v) is 8.44. The molecule has 2 atom stereocenters. The van der Waals surface area contributed by atoms with E-state index in [2.05, 4.69) is 41.5 Å². The van der Waals surface area contributed by atoms with Crippen LogP contribution in [0.25, 0.3) is 0 Å². The molecule has 0 aromatic rings. The number of hydrogen-bond acceptors (Lipinski definition) is 6. The molecule has 0 N–H and O–H groups in total. The lowest BCUT2D eigenvalue weighted by Crippen LogP contribution is -2.30. The van der Waals surface area contributed by atoms with Crippen LogP contribution in [0.4, 0.5) is 0 Å². The predicted molar refractivity (Wildman–Crippen MR) is 266 cm³/mol. The lowest BCUT2D eigenvalue weighted by molar-refractivity contribution is -0.167. The van der Waals surface area contributed by atoms with E-state index in [1.165, 1.54) is 186 Å². The lowest BCUT2D eigenvalue weighted by atomic mass is 9.99. The van der Waals surface area contributed by atoms with Crippen molar-refractivity contribution in [3.63, 3.8) is 0 Å². The SMILES string of the molecule is CCC(C)CCCCCCCCCCC(=O)OC[C@@H](COC(=O)CCCCCCCCCCCCCC(C)C)OC(=O)CCCCCCCCCCCCCCCCCC(C)C. The van der Waals surface area contributed by atoms with Crippen LogP contribution >= 0.6 is 0 Å². The van der Waals surface area contributed by atoms with E-state index in [9.17, 15) is 14.4 Å². The van der Waals surface area contributed by atoms with E-state index in [0.717, 1.165) is 75.5 Å². The molecule has 0 radical (unpaired) electrons.